The van der Waals surface area contributed by atoms with Gasteiger partial charge in [0.15, 0.2) is 10.9 Å². The Hall–Kier alpha value is -3.71. The number of thioether (sulfide) groups is 1. The molecule has 1 aliphatic heterocycles. The number of carbonyl (C=O) groups is 2. The van der Waals surface area contributed by atoms with Gasteiger partial charge in [0.25, 0.3) is 5.56 Å². The molecule has 0 aliphatic carbocycles. The number of fused-ring (bicyclic) bond motifs is 2. The Labute approximate surface area is 201 Å². The molecule has 2 heterocycles. The Balaban J connectivity index is 1.52. The van der Waals surface area contributed by atoms with Gasteiger partial charge >= 0.3 is 0 Å². The SMILES string of the molecule is Cc1cccc(C)c1-n1c(SCC(=O)c2ccc3c(c2)CCC(=O)N3)nc2ccccc2c1=O. The number of hydrogen-bond acceptors (Lipinski definition) is 5. The molecule has 170 valence electrons. The van der Waals surface area contributed by atoms with Crippen LogP contribution in [-0.4, -0.2) is 27.0 Å². The Morgan fingerprint density at radius 1 is 1.00 bits per heavy atom. The van der Waals surface area contributed by atoms with E-state index >= 15 is 0 Å². The molecule has 5 rings (SSSR count). The van der Waals surface area contributed by atoms with Crippen LogP contribution in [0.5, 0.6) is 0 Å². The third-order valence-electron chi connectivity index (χ3n) is 6.06. The quantitative estimate of drug-likeness (QED) is 0.256. The van der Waals surface area contributed by atoms with E-state index in [4.69, 9.17) is 4.98 Å². The number of ketones is 1. The molecule has 0 fully saturated rings. The van der Waals surface area contributed by atoms with Gasteiger partial charge in [-0.15, -0.1) is 0 Å². The highest BCUT2D eigenvalue weighted by Crippen LogP contribution is 2.27. The van der Waals surface area contributed by atoms with Crippen molar-refractivity contribution in [2.24, 2.45) is 0 Å². The van der Waals surface area contributed by atoms with Gasteiger partial charge in [0.05, 0.1) is 22.3 Å². The van der Waals surface area contributed by atoms with E-state index in [0.29, 0.717) is 34.5 Å². The van der Waals surface area contributed by atoms with Crippen molar-refractivity contribution in [1.82, 2.24) is 9.55 Å². The highest BCUT2D eigenvalue weighted by Gasteiger charge is 2.20. The summed E-state index contributed by atoms with van der Waals surface area (Å²) in [7, 11) is 0. The first-order valence-electron chi connectivity index (χ1n) is 11.1. The third-order valence-corrected chi connectivity index (χ3v) is 7.00. The molecule has 1 amide bonds. The van der Waals surface area contributed by atoms with E-state index in [-0.39, 0.29) is 23.0 Å². The molecule has 0 radical (unpaired) electrons. The molecule has 0 atom stereocenters. The average Bonchev–Trinajstić information content (AvgIpc) is 2.83. The van der Waals surface area contributed by atoms with Gasteiger partial charge in [0.1, 0.15) is 0 Å². The average molecular weight is 470 g/mol. The second-order valence-electron chi connectivity index (χ2n) is 8.42. The first-order valence-corrected chi connectivity index (χ1v) is 12.1. The summed E-state index contributed by atoms with van der Waals surface area (Å²) in [6, 6.07) is 18.5. The number of nitrogens with zero attached hydrogens (tertiary/aromatic N) is 2. The number of amides is 1. The number of benzene rings is 3. The second-order valence-corrected chi connectivity index (χ2v) is 9.37. The lowest BCUT2D eigenvalue weighted by Crippen LogP contribution is -2.23. The maximum Gasteiger partial charge on any atom is 0.266 e. The summed E-state index contributed by atoms with van der Waals surface area (Å²) in [5.74, 6) is 0.0788. The highest BCUT2D eigenvalue weighted by atomic mass is 32.2. The molecule has 0 unspecified atom stereocenters. The van der Waals surface area contributed by atoms with E-state index in [1.807, 2.05) is 56.3 Å². The van der Waals surface area contributed by atoms with Crippen LogP contribution in [0.4, 0.5) is 5.69 Å². The molecular formula is C27H23N3O3S. The summed E-state index contributed by atoms with van der Waals surface area (Å²) in [5.41, 5.74) is 5.49. The zero-order valence-corrected chi connectivity index (χ0v) is 19.7. The molecule has 6 nitrogen and oxygen atoms in total. The summed E-state index contributed by atoms with van der Waals surface area (Å²) in [5, 5.41) is 3.87. The van der Waals surface area contributed by atoms with E-state index in [2.05, 4.69) is 5.32 Å². The van der Waals surface area contributed by atoms with Crippen molar-refractivity contribution in [3.05, 3.63) is 93.3 Å². The summed E-state index contributed by atoms with van der Waals surface area (Å²) in [4.78, 5) is 43.0. The molecule has 1 N–H and O–H groups in total. The maximum atomic E-state index is 13.5. The van der Waals surface area contributed by atoms with Crippen LogP contribution in [0, 0.1) is 13.8 Å². The molecule has 1 aliphatic rings. The van der Waals surface area contributed by atoms with Crippen LogP contribution in [0.25, 0.3) is 16.6 Å². The number of nitrogens with one attached hydrogen (secondary N) is 1. The van der Waals surface area contributed by atoms with E-state index in [0.717, 1.165) is 28.1 Å². The smallest absolute Gasteiger partial charge is 0.266 e. The minimum atomic E-state index is -0.150. The number of Topliss-reactive ketones (excluding diaryl/α,β-unsaturated/α-hetero) is 1. The van der Waals surface area contributed by atoms with Gasteiger partial charge in [0, 0.05) is 17.7 Å². The Morgan fingerprint density at radius 2 is 1.76 bits per heavy atom. The van der Waals surface area contributed by atoms with E-state index in [9.17, 15) is 14.4 Å². The normalized spacial score (nSPS) is 12.9. The van der Waals surface area contributed by atoms with Crippen LogP contribution in [-0.2, 0) is 11.2 Å². The number of aromatic nitrogens is 2. The second kappa shape index (κ2) is 8.91. The lowest BCUT2D eigenvalue weighted by atomic mass is 9.99. The van der Waals surface area contributed by atoms with Crippen LogP contribution in [0.2, 0.25) is 0 Å². The fourth-order valence-corrected chi connectivity index (χ4v) is 5.23. The number of anilines is 1. The molecule has 0 bridgehead atoms. The molecule has 34 heavy (non-hydrogen) atoms. The molecule has 4 aromatic rings. The summed E-state index contributed by atoms with van der Waals surface area (Å²) < 4.78 is 1.63. The van der Waals surface area contributed by atoms with Crippen LogP contribution < -0.4 is 10.9 Å². The van der Waals surface area contributed by atoms with Crippen molar-refractivity contribution < 1.29 is 9.59 Å². The molecular weight excluding hydrogens is 446 g/mol. The van der Waals surface area contributed by atoms with Gasteiger partial charge in [-0.3, -0.25) is 19.0 Å². The number of hydrogen-bond donors (Lipinski definition) is 1. The van der Waals surface area contributed by atoms with Crippen molar-refractivity contribution in [1.29, 1.82) is 0 Å². The van der Waals surface area contributed by atoms with Gasteiger partial charge in [-0.05, 0) is 67.3 Å². The van der Waals surface area contributed by atoms with Gasteiger partial charge < -0.3 is 5.32 Å². The third kappa shape index (κ3) is 4.03. The predicted octanol–water partition coefficient (Wildman–Crippen LogP) is 4.86. The topological polar surface area (TPSA) is 81.1 Å². The standard InChI is InChI=1S/C27H23N3O3S/c1-16-6-5-7-17(2)25(16)30-26(33)20-8-3-4-9-22(20)29-27(30)34-15-23(31)19-10-12-21-18(14-19)11-13-24(32)28-21/h3-10,12,14H,11,13,15H2,1-2H3,(H,28,32). The van der Waals surface area contributed by atoms with Gasteiger partial charge in [-0.2, -0.15) is 0 Å². The van der Waals surface area contributed by atoms with Gasteiger partial charge in [0.2, 0.25) is 5.91 Å². The minimum Gasteiger partial charge on any atom is -0.326 e. The predicted molar refractivity (Wildman–Crippen MR) is 135 cm³/mol. The van der Waals surface area contributed by atoms with E-state index in [1.54, 1.807) is 22.8 Å². The molecule has 0 spiro atoms. The number of para-hydroxylation sites is 2. The lowest BCUT2D eigenvalue weighted by Gasteiger charge is -2.18. The van der Waals surface area contributed by atoms with Gasteiger partial charge in [-0.1, -0.05) is 42.1 Å². The first kappa shape index (κ1) is 22.1. The molecule has 0 saturated carbocycles. The van der Waals surface area contributed by atoms with Crippen molar-refractivity contribution in [2.75, 3.05) is 11.1 Å². The molecule has 3 aromatic carbocycles. The highest BCUT2D eigenvalue weighted by molar-refractivity contribution is 7.99. The van der Waals surface area contributed by atoms with E-state index in [1.165, 1.54) is 11.8 Å². The summed E-state index contributed by atoms with van der Waals surface area (Å²) >= 11 is 1.26. The fourth-order valence-electron chi connectivity index (χ4n) is 4.34. The van der Waals surface area contributed by atoms with Crippen LogP contribution in [0.3, 0.4) is 0 Å². The molecule has 7 heteroatoms. The Bertz CT molecular complexity index is 1500. The zero-order chi connectivity index (χ0) is 23.8. The monoisotopic (exact) mass is 469 g/mol. The maximum absolute atomic E-state index is 13.5. The largest absolute Gasteiger partial charge is 0.326 e. The number of carbonyl (C=O) groups excluding carboxylic acids is 2. The van der Waals surface area contributed by atoms with Gasteiger partial charge in [-0.25, -0.2) is 4.98 Å². The van der Waals surface area contributed by atoms with Crippen molar-refractivity contribution >= 4 is 40.0 Å². The lowest BCUT2D eigenvalue weighted by molar-refractivity contribution is -0.116. The number of aryl methyl sites for hydroxylation is 3. The van der Waals surface area contributed by atoms with Crippen molar-refractivity contribution in [2.45, 2.75) is 31.8 Å². The minimum absolute atomic E-state index is 0.00557. The Morgan fingerprint density at radius 3 is 2.56 bits per heavy atom. The first-order chi connectivity index (χ1) is 16.4. The molecule has 1 aromatic heterocycles. The zero-order valence-electron chi connectivity index (χ0n) is 18.9. The van der Waals surface area contributed by atoms with Crippen LogP contribution >= 0.6 is 11.8 Å². The summed E-state index contributed by atoms with van der Waals surface area (Å²) in [6.07, 6.45) is 1.04. The Kier molecular flexibility index (Phi) is 5.79. The van der Waals surface area contributed by atoms with Crippen molar-refractivity contribution in [3.63, 3.8) is 0 Å². The van der Waals surface area contributed by atoms with Crippen molar-refractivity contribution in [3.8, 4) is 5.69 Å². The van der Waals surface area contributed by atoms with Crippen LogP contribution in [0.1, 0.15) is 33.5 Å². The fraction of sp³-hybridized carbons (Fsp3) is 0.185. The van der Waals surface area contributed by atoms with E-state index < -0.39 is 0 Å². The summed E-state index contributed by atoms with van der Waals surface area (Å²) in [6.45, 7) is 3.94. The number of rotatable bonds is 5. The molecule has 0 saturated heterocycles. The van der Waals surface area contributed by atoms with Crippen LogP contribution in [0.15, 0.2) is 70.6 Å².